The second kappa shape index (κ2) is 4.95. The number of methoxy groups -OCH3 is 1. The summed E-state index contributed by atoms with van der Waals surface area (Å²) in [7, 11) is 1.68. The molecule has 0 atom stereocenters. The lowest BCUT2D eigenvalue weighted by molar-refractivity contribution is 0.218. The summed E-state index contributed by atoms with van der Waals surface area (Å²) < 4.78 is 4.90. The van der Waals surface area contributed by atoms with Crippen LogP contribution in [0, 0.1) is 0 Å². The molecule has 0 fully saturated rings. The highest BCUT2D eigenvalue weighted by Crippen LogP contribution is 2.13. The molecule has 2 N–H and O–H groups in total. The van der Waals surface area contributed by atoms with Gasteiger partial charge in [0.2, 0.25) is 5.95 Å². The lowest BCUT2D eigenvalue weighted by Gasteiger charge is -1.99. The Labute approximate surface area is 75.5 Å². The summed E-state index contributed by atoms with van der Waals surface area (Å²) in [4.78, 5) is 7.81. The Kier molecular flexibility index (Phi) is 3.83. The number of hydrogen-bond acceptors (Lipinski definition) is 5. The average molecular weight is 185 g/mol. The predicted molar refractivity (Wildman–Crippen MR) is 49.0 cm³/mol. The number of nitrogens with zero attached hydrogens (tertiary/aromatic N) is 2. The van der Waals surface area contributed by atoms with Gasteiger partial charge in [0.05, 0.1) is 6.61 Å². The Morgan fingerprint density at radius 3 is 3.17 bits per heavy atom. The Morgan fingerprint density at radius 1 is 1.67 bits per heavy atom. The van der Waals surface area contributed by atoms with Crippen LogP contribution < -0.4 is 5.73 Å². The maximum Gasteiger partial charge on any atom is 0.221 e. The number of nitrogen functional groups attached to an aromatic ring is 1. The smallest absolute Gasteiger partial charge is 0.221 e. The molecule has 0 spiro atoms. The van der Waals surface area contributed by atoms with Gasteiger partial charge in [0, 0.05) is 19.1 Å². The van der Waals surface area contributed by atoms with Gasteiger partial charge in [-0.25, -0.2) is 9.97 Å². The van der Waals surface area contributed by atoms with E-state index in [-0.39, 0.29) is 0 Å². The maximum absolute atomic E-state index is 5.40. The molecule has 66 valence electrons. The fourth-order valence-corrected chi connectivity index (χ4v) is 1.44. The molecule has 0 amide bonds. The van der Waals surface area contributed by atoms with Crippen LogP contribution in [0.1, 0.15) is 0 Å². The predicted octanol–water partition coefficient (Wildman–Crippen LogP) is 0.797. The van der Waals surface area contributed by atoms with Crippen molar-refractivity contribution in [3.05, 3.63) is 12.3 Å². The first-order valence-electron chi connectivity index (χ1n) is 3.53. The number of anilines is 1. The standard InChI is InChI=1S/C7H11N3OS/c1-11-4-5-12-6-2-3-9-7(8)10-6/h2-3H,4-5H2,1H3,(H2,8,9,10). The molecule has 1 aromatic heterocycles. The highest BCUT2D eigenvalue weighted by molar-refractivity contribution is 7.99. The van der Waals surface area contributed by atoms with Crippen LogP contribution in [-0.2, 0) is 4.74 Å². The number of ether oxygens (including phenoxy) is 1. The van der Waals surface area contributed by atoms with E-state index in [9.17, 15) is 0 Å². The van der Waals surface area contributed by atoms with Crippen molar-refractivity contribution in [3.63, 3.8) is 0 Å². The zero-order valence-electron chi connectivity index (χ0n) is 6.86. The van der Waals surface area contributed by atoms with Gasteiger partial charge in [-0.1, -0.05) is 0 Å². The first-order valence-corrected chi connectivity index (χ1v) is 4.52. The minimum absolute atomic E-state index is 0.317. The molecule has 1 rings (SSSR count). The number of aromatic nitrogens is 2. The van der Waals surface area contributed by atoms with Crippen LogP contribution in [0.2, 0.25) is 0 Å². The lowest BCUT2D eigenvalue weighted by atomic mass is 10.7. The summed E-state index contributed by atoms with van der Waals surface area (Å²) in [5.41, 5.74) is 5.40. The number of hydrogen-bond donors (Lipinski definition) is 1. The Morgan fingerprint density at radius 2 is 2.50 bits per heavy atom. The quantitative estimate of drug-likeness (QED) is 0.427. The minimum atomic E-state index is 0.317. The second-order valence-corrected chi connectivity index (χ2v) is 3.21. The third kappa shape index (κ3) is 3.06. The van der Waals surface area contributed by atoms with Gasteiger partial charge < -0.3 is 10.5 Å². The van der Waals surface area contributed by atoms with Crippen LogP contribution in [0.5, 0.6) is 0 Å². The van der Waals surface area contributed by atoms with Crippen molar-refractivity contribution in [1.82, 2.24) is 9.97 Å². The van der Waals surface area contributed by atoms with E-state index in [0.29, 0.717) is 12.6 Å². The Balaban J connectivity index is 2.41. The normalized spacial score (nSPS) is 10.1. The van der Waals surface area contributed by atoms with Gasteiger partial charge in [0.1, 0.15) is 5.03 Å². The van der Waals surface area contributed by atoms with Crippen LogP contribution >= 0.6 is 11.8 Å². The number of rotatable bonds is 4. The summed E-state index contributed by atoms with van der Waals surface area (Å²) in [5.74, 6) is 1.20. The van der Waals surface area contributed by atoms with E-state index in [2.05, 4.69) is 9.97 Å². The molecule has 0 aromatic carbocycles. The Hall–Kier alpha value is -0.810. The van der Waals surface area contributed by atoms with Crippen molar-refractivity contribution >= 4 is 17.7 Å². The van der Waals surface area contributed by atoms with Gasteiger partial charge in [-0.15, -0.1) is 11.8 Å². The third-order valence-corrected chi connectivity index (χ3v) is 2.08. The van der Waals surface area contributed by atoms with Crippen LogP contribution in [0.3, 0.4) is 0 Å². The fraction of sp³-hybridized carbons (Fsp3) is 0.429. The molecular formula is C7H11N3OS. The topological polar surface area (TPSA) is 61.0 Å². The summed E-state index contributed by atoms with van der Waals surface area (Å²) >= 11 is 1.60. The molecule has 0 saturated carbocycles. The van der Waals surface area contributed by atoms with E-state index in [1.165, 1.54) is 0 Å². The number of thioether (sulfide) groups is 1. The highest BCUT2D eigenvalue weighted by atomic mass is 32.2. The van der Waals surface area contributed by atoms with Crippen molar-refractivity contribution in [3.8, 4) is 0 Å². The molecule has 1 aromatic rings. The molecular weight excluding hydrogens is 174 g/mol. The highest BCUT2D eigenvalue weighted by Gasteiger charge is 1.95. The van der Waals surface area contributed by atoms with Crippen LogP contribution in [0.15, 0.2) is 17.3 Å². The zero-order valence-corrected chi connectivity index (χ0v) is 7.67. The van der Waals surface area contributed by atoms with E-state index in [4.69, 9.17) is 10.5 Å². The van der Waals surface area contributed by atoms with Gasteiger partial charge in [-0.2, -0.15) is 0 Å². The van der Waals surface area contributed by atoms with Crippen molar-refractivity contribution < 1.29 is 4.74 Å². The van der Waals surface area contributed by atoms with Crippen LogP contribution in [-0.4, -0.2) is 29.4 Å². The molecule has 0 aliphatic rings. The van der Waals surface area contributed by atoms with E-state index < -0.39 is 0 Å². The largest absolute Gasteiger partial charge is 0.384 e. The molecule has 0 unspecified atom stereocenters. The van der Waals surface area contributed by atoms with E-state index in [0.717, 1.165) is 10.8 Å². The van der Waals surface area contributed by atoms with Gasteiger partial charge in [-0.05, 0) is 6.07 Å². The summed E-state index contributed by atoms with van der Waals surface area (Å²) in [5, 5.41) is 0.888. The summed E-state index contributed by atoms with van der Waals surface area (Å²) in [6.45, 7) is 0.717. The molecule has 0 saturated heterocycles. The SMILES string of the molecule is COCCSc1ccnc(N)n1. The monoisotopic (exact) mass is 185 g/mol. The molecule has 0 aliphatic carbocycles. The van der Waals surface area contributed by atoms with Crippen molar-refractivity contribution in [2.45, 2.75) is 5.03 Å². The molecule has 5 heteroatoms. The van der Waals surface area contributed by atoms with Crippen molar-refractivity contribution in [2.24, 2.45) is 0 Å². The molecule has 0 aliphatic heterocycles. The van der Waals surface area contributed by atoms with E-state index in [1.54, 1.807) is 25.1 Å². The molecule has 4 nitrogen and oxygen atoms in total. The van der Waals surface area contributed by atoms with E-state index in [1.807, 2.05) is 6.07 Å². The lowest BCUT2D eigenvalue weighted by Crippen LogP contribution is -1.96. The van der Waals surface area contributed by atoms with Crippen molar-refractivity contribution in [2.75, 3.05) is 25.2 Å². The van der Waals surface area contributed by atoms with E-state index >= 15 is 0 Å². The average Bonchev–Trinajstić information content (AvgIpc) is 2.05. The Bertz CT molecular complexity index is 244. The molecule has 0 radical (unpaired) electrons. The first kappa shape index (κ1) is 9.28. The summed E-state index contributed by atoms with van der Waals surface area (Å²) in [6.07, 6.45) is 1.65. The number of nitrogens with two attached hydrogens (primary N) is 1. The van der Waals surface area contributed by atoms with Crippen molar-refractivity contribution in [1.29, 1.82) is 0 Å². The van der Waals surface area contributed by atoms with Gasteiger partial charge in [0.15, 0.2) is 0 Å². The first-order chi connectivity index (χ1) is 5.83. The van der Waals surface area contributed by atoms with Gasteiger partial charge >= 0.3 is 0 Å². The fourth-order valence-electron chi connectivity index (χ4n) is 0.666. The zero-order chi connectivity index (χ0) is 8.81. The summed E-state index contributed by atoms with van der Waals surface area (Å²) in [6, 6.07) is 1.83. The molecule has 0 bridgehead atoms. The third-order valence-electron chi connectivity index (χ3n) is 1.19. The van der Waals surface area contributed by atoms with Crippen LogP contribution in [0.4, 0.5) is 5.95 Å². The van der Waals surface area contributed by atoms with Gasteiger partial charge in [0.25, 0.3) is 0 Å². The second-order valence-electron chi connectivity index (χ2n) is 2.09. The minimum Gasteiger partial charge on any atom is -0.384 e. The maximum atomic E-state index is 5.40. The molecule has 1 heterocycles. The van der Waals surface area contributed by atoms with Crippen LogP contribution in [0.25, 0.3) is 0 Å². The molecule has 12 heavy (non-hydrogen) atoms. The van der Waals surface area contributed by atoms with Gasteiger partial charge in [-0.3, -0.25) is 0 Å².